The molecule has 3 aliphatic rings. The number of amides is 1. The molecule has 8 nitrogen and oxygen atoms in total. The molecule has 4 heterocycles. The number of carbonyl (C=O) groups excluding carboxylic acids is 1. The zero-order chi connectivity index (χ0) is 27.6. The highest BCUT2D eigenvalue weighted by atomic mass is 35.5. The van der Waals surface area contributed by atoms with Crippen LogP contribution in [0.1, 0.15) is 57.4 Å². The van der Waals surface area contributed by atoms with Crippen molar-refractivity contribution in [3.63, 3.8) is 0 Å². The van der Waals surface area contributed by atoms with E-state index in [4.69, 9.17) is 11.6 Å². The number of carbonyl (C=O) groups is 1. The lowest BCUT2D eigenvalue weighted by Crippen LogP contribution is -2.23. The van der Waals surface area contributed by atoms with Crippen LogP contribution in [0.25, 0.3) is 5.65 Å². The quantitative estimate of drug-likeness (QED) is 0.326. The third-order valence-corrected chi connectivity index (χ3v) is 6.78. The van der Waals surface area contributed by atoms with E-state index in [9.17, 15) is 9.90 Å². The van der Waals surface area contributed by atoms with Crippen LogP contribution >= 0.6 is 11.6 Å². The van der Waals surface area contributed by atoms with Crippen LogP contribution in [0.4, 0.5) is 11.6 Å². The number of β-amino-alcohol motifs (C(OH)–C–C–N with tert-alkyl or cyclic N) is 1. The van der Waals surface area contributed by atoms with Gasteiger partial charge in [0.25, 0.3) is 0 Å². The van der Waals surface area contributed by atoms with E-state index in [0.717, 1.165) is 48.2 Å². The zero-order valence-electron chi connectivity index (χ0n) is 22.6. The fourth-order valence-corrected chi connectivity index (χ4v) is 4.27. The first-order valence-corrected chi connectivity index (χ1v) is 14.1. The molecule has 0 spiro atoms. The van der Waals surface area contributed by atoms with Gasteiger partial charge in [-0.1, -0.05) is 49.7 Å². The van der Waals surface area contributed by atoms with Crippen LogP contribution in [0.15, 0.2) is 73.4 Å². The Morgan fingerprint density at radius 3 is 2.38 bits per heavy atom. The first-order chi connectivity index (χ1) is 19.0. The summed E-state index contributed by atoms with van der Waals surface area (Å²) in [6, 6.07) is 15.5. The number of halogens is 1. The van der Waals surface area contributed by atoms with Crippen molar-refractivity contribution in [2.24, 2.45) is 5.92 Å². The lowest BCUT2D eigenvalue weighted by molar-refractivity contribution is -0.117. The van der Waals surface area contributed by atoms with Crippen molar-refractivity contribution >= 4 is 34.8 Å². The van der Waals surface area contributed by atoms with Crippen LogP contribution in [0, 0.1) is 5.92 Å². The number of aromatic nitrogens is 4. The standard InChI is InChI=1S/C12H16N4O2.C10H10N2.C6H5Cl.C2H6/c17-9-3-4-16(6-9)11-5-10(13-7-14-11)15-12(18)8-1-2-8;1-2-8(1)9-3-4-10-11-5-6-12(10)7-9;7-6-4-2-1-3-5-6;1-2/h5,7-9,17H,1-4,6H2,(H,13,14,15,18);3-8H,1-2H2;1-5H;1-2H3/t9-;;;/m1.../s1. The second-order valence-corrected chi connectivity index (χ2v) is 10.1. The number of nitrogens with one attached hydrogen (secondary N) is 1. The molecule has 1 aromatic carbocycles. The summed E-state index contributed by atoms with van der Waals surface area (Å²) >= 11 is 5.54. The summed E-state index contributed by atoms with van der Waals surface area (Å²) in [5.74, 6) is 2.33. The highest BCUT2D eigenvalue weighted by Gasteiger charge is 2.30. The van der Waals surface area contributed by atoms with Gasteiger partial charge in [-0.3, -0.25) is 4.79 Å². The molecule has 0 radical (unpaired) electrons. The van der Waals surface area contributed by atoms with E-state index in [1.54, 1.807) is 6.07 Å². The predicted molar refractivity (Wildman–Crippen MR) is 156 cm³/mol. The van der Waals surface area contributed by atoms with Crippen molar-refractivity contribution in [3.05, 3.63) is 84.0 Å². The zero-order valence-corrected chi connectivity index (χ0v) is 23.3. The first-order valence-electron chi connectivity index (χ1n) is 13.7. The maximum Gasteiger partial charge on any atom is 0.228 e. The fourth-order valence-electron chi connectivity index (χ4n) is 4.12. The molecule has 206 valence electrons. The maximum absolute atomic E-state index is 11.6. The van der Waals surface area contributed by atoms with E-state index in [1.807, 2.05) is 61.5 Å². The Hall–Kier alpha value is -3.49. The molecule has 2 saturated carbocycles. The molecule has 3 aromatic heterocycles. The number of fused-ring (bicyclic) bond motifs is 1. The lowest BCUT2D eigenvalue weighted by atomic mass is 10.2. The lowest BCUT2D eigenvalue weighted by Gasteiger charge is -2.16. The van der Waals surface area contributed by atoms with Gasteiger partial charge >= 0.3 is 0 Å². The van der Waals surface area contributed by atoms with E-state index >= 15 is 0 Å². The molecule has 1 saturated heterocycles. The third kappa shape index (κ3) is 8.76. The summed E-state index contributed by atoms with van der Waals surface area (Å²) < 4.78 is 2.09. The second kappa shape index (κ2) is 14.1. The van der Waals surface area contributed by atoms with Gasteiger partial charge in [0, 0.05) is 48.7 Å². The van der Waals surface area contributed by atoms with Gasteiger partial charge in [-0.2, -0.15) is 0 Å². The van der Waals surface area contributed by atoms with Crippen molar-refractivity contribution in [2.75, 3.05) is 23.3 Å². The molecule has 1 atom stereocenters. The molecule has 39 heavy (non-hydrogen) atoms. The van der Waals surface area contributed by atoms with Crippen LogP contribution in [-0.4, -0.2) is 49.6 Å². The molecule has 3 fully saturated rings. The Kier molecular flexibility index (Phi) is 10.3. The molecular formula is C30H37ClN6O2. The number of nitrogens with zero attached hydrogens (tertiary/aromatic N) is 5. The van der Waals surface area contributed by atoms with Gasteiger partial charge in [0.2, 0.25) is 5.91 Å². The van der Waals surface area contributed by atoms with Gasteiger partial charge in [0.05, 0.1) is 6.10 Å². The van der Waals surface area contributed by atoms with Gasteiger partial charge in [0.1, 0.15) is 23.6 Å². The first kappa shape index (κ1) is 28.5. The summed E-state index contributed by atoms with van der Waals surface area (Å²) in [4.78, 5) is 26.1. The average Bonchev–Trinajstić information content (AvgIpc) is 3.90. The monoisotopic (exact) mass is 548 g/mol. The fraction of sp³-hybridized carbons (Fsp3) is 0.400. The SMILES string of the molecule is CC.Clc1ccccc1.O=C(Nc1cc(N2CC[C@@H](O)C2)ncn1)C1CC1.c1cn2cc(C3CC3)ccc2n1. The molecule has 4 aromatic rings. The molecule has 2 N–H and O–H groups in total. The van der Waals surface area contributed by atoms with Crippen LogP contribution in [0.3, 0.4) is 0 Å². The van der Waals surface area contributed by atoms with Crippen LogP contribution < -0.4 is 10.2 Å². The Bertz CT molecular complexity index is 1320. The number of aliphatic hydroxyl groups excluding tert-OH is 1. The molecule has 7 rings (SSSR count). The normalized spacial score (nSPS) is 17.6. The van der Waals surface area contributed by atoms with E-state index in [-0.39, 0.29) is 17.9 Å². The summed E-state index contributed by atoms with van der Waals surface area (Å²) in [6.07, 6.45) is 12.6. The average molecular weight is 549 g/mol. The van der Waals surface area contributed by atoms with E-state index < -0.39 is 0 Å². The Balaban J connectivity index is 0.000000144. The van der Waals surface area contributed by atoms with Gasteiger partial charge in [0.15, 0.2) is 0 Å². The Morgan fingerprint density at radius 2 is 1.77 bits per heavy atom. The van der Waals surface area contributed by atoms with E-state index in [1.165, 1.54) is 24.7 Å². The van der Waals surface area contributed by atoms with Crippen LogP contribution in [0.2, 0.25) is 5.02 Å². The molecule has 2 aliphatic carbocycles. The van der Waals surface area contributed by atoms with Crippen LogP contribution in [-0.2, 0) is 4.79 Å². The minimum Gasteiger partial charge on any atom is -0.391 e. The van der Waals surface area contributed by atoms with E-state index in [2.05, 4.69) is 43.0 Å². The molecular weight excluding hydrogens is 512 g/mol. The molecule has 1 aliphatic heterocycles. The van der Waals surface area contributed by atoms with E-state index in [0.29, 0.717) is 12.4 Å². The number of anilines is 2. The number of imidazole rings is 1. The van der Waals surface area contributed by atoms with Gasteiger partial charge < -0.3 is 19.7 Å². The summed E-state index contributed by atoms with van der Waals surface area (Å²) in [5.41, 5.74) is 2.50. The van der Waals surface area contributed by atoms with Crippen molar-refractivity contribution in [2.45, 2.75) is 58.0 Å². The summed E-state index contributed by atoms with van der Waals surface area (Å²) in [7, 11) is 0. The number of rotatable bonds is 4. The molecule has 0 bridgehead atoms. The number of hydrogen-bond acceptors (Lipinski definition) is 6. The number of pyridine rings is 1. The third-order valence-electron chi connectivity index (χ3n) is 6.53. The van der Waals surface area contributed by atoms with Crippen molar-refractivity contribution in [1.29, 1.82) is 0 Å². The minimum absolute atomic E-state index is 0.0427. The number of benzene rings is 1. The molecule has 9 heteroatoms. The minimum atomic E-state index is -0.288. The Labute approximate surface area is 235 Å². The number of hydrogen-bond donors (Lipinski definition) is 2. The van der Waals surface area contributed by atoms with Crippen molar-refractivity contribution in [1.82, 2.24) is 19.4 Å². The predicted octanol–water partition coefficient (Wildman–Crippen LogP) is 5.97. The van der Waals surface area contributed by atoms with Crippen molar-refractivity contribution in [3.8, 4) is 0 Å². The van der Waals surface area contributed by atoms with Crippen molar-refractivity contribution < 1.29 is 9.90 Å². The Morgan fingerprint density at radius 1 is 1.00 bits per heavy atom. The van der Waals surface area contributed by atoms with Gasteiger partial charge in [-0.15, -0.1) is 0 Å². The molecule has 0 unspecified atom stereocenters. The molecule has 1 amide bonds. The number of aliphatic hydroxyl groups is 1. The highest BCUT2D eigenvalue weighted by molar-refractivity contribution is 6.30. The topological polar surface area (TPSA) is 95.7 Å². The smallest absolute Gasteiger partial charge is 0.228 e. The second-order valence-electron chi connectivity index (χ2n) is 9.64. The summed E-state index contributed by atoms with van der Waals surface area (Å²) in [5, 5.41) is 13.1. The van der Waals surface area contributed by atoms with Crippen LogP contribution in [0.5, 0.6) is 0 Å². The summed E-state index contributed by atoms with van der Waals surface area (Å²) in [6.45, 7) is 5.38. The largest absolute Gasteiger partial charge is 0.391 e. The highest BCUT2D eigenvalue weighted by Crippen LogP contribution is 2.39. The van der Waals surface area contributed by atoms with Gasteiger partial charge in [-0.25, -0.2) is 15.0 Å². The maximum atomic E-state index is 11.6. The van der Waals surface area contributed by atoms with Gasteiger partial charge in [-0.05, 0) is 61.8 Å².